The summed E-state index contributed by atoms with van der Waals surface area (Å²) in [5, 5.41) is 12.5. The SMILES string of the molecule is C#CCOc1ccc(C(=O)Nc2ncnc3c2ncn3[C@H]2C[C@@H](P(OCC(C#N)CC#C)N(C(C)C)C(C)C)[C@@H](CC)O2)cc1. The van der Waals surface area contributed by atoms with Gasteiger partial charge in [-0.3, -0.25) is 14.0 Å². The van der Waals surface area contributed by atoms with Crippen LogP contribution in [-0.2, 0) is 9.26 Å². The Balaban J connectivity index is 1.57. The van der Waals surface area contributed by atoms with Gasteiger partial charge >= 0.3 is 0 Å². The Morgan fingerprint density at radius 1 is 1.18 bits per heavy atom. The second-order valence-corrected chi connectivity index (χ2v) is 13.2. The quantitative estimate of drug-likeness (QED) is 0.175. The molecule has 1 fully saturated rings. The number of terminal acetylenes is 2. The van der Waals surface area contributed by atoms with Gasteiger partial charge in [-0.2, -0.15) is 5.26 Å². The van der Waals surface area contributed by atoms with Gasteiger partial charge in [0.15, 0.2) is 17.0 Å². The molecule has 3 aromatic rings. The van der Waals surface area contributed by atoms with Crippen LogP contribution < -0.4 is 10.1 Å². The fraction of sp³-hybridized carbons (Fsp3) is 0.485. The first-order valence-corrected chi connectivity index (χ1v) is 16.3. The van der Waals surface area contributed by atoms with Crippen molar-refractivity contribution in [3.8, 4) is 36.5 Å². The van der Waals surface area contributed by atoms with Crippen molar-refractivity contribution in [1.82, 2.24) is 24.2 Å². The largest absolute Gasteiger partial charge is 0.481 e. The van der Waals surface area contributed by atoms with E-state index in [4.69, 9.17) is 26.8 Å². The normalized spacial score (nSPS) is 19.3. The van der Waals surface area contributed by atoms with Gasteiger partial charge in [-0.25, -0.2) is 15.0 Å². The number of nitrogens with zero attached hydrogens (tertiary/aromatic N) is 6. The summed E-state index contributed by atoms with van der Waals surface area (Å²) in [6.45, 7) is 11.2. The van der Waals surface area contributed by atoms with E-state index in [0.29, 0.717) is 41.1 Å². The summed E-state index contributed by atoms with van der Waals surface area (Å²) in [4.78, 5) is 26.4. The highest BCUT2D eigenvalue weighted by Gasteiger charge is 2.45. The molecule has 1 aromatic carbocycles. The van der Waals surface area contributed by atoms with Crippen LogP contribution in [0.4, 0.5) is 5.82 Å². The molecule has 236 valence electrons. The van der Waals surface area contributed by atoms with E-state index in [9.17, 15) is 10.1 Å². The second-order valence-electron chi connectivity index (χ2n) is 11.3. The minimum atomic E-state index is -1.15. The number of aromatic nitrogens is 4. The lowest BCUT2D eigenvalue weighted by atomic mass is 10.1. The van der Waals surface area contributed by atoms with Crippen molar-refractivity contribution in [2.45, 2.75) is 84.0 Å². The number of hydrogen-bond acceptors (Lipinski definition) is 9. The van der Waals surface area contributed by atoms with Gasteiger partial charge in [-0.05, 0) is 58.4 Å². The second kappa shape index (κ2) is 15.8. The van der Waals surface area contributed by atoms with E-state index < -0.39 is 8.30 Å². The Morgan fingerprint density at radius 3 is 2.53 bits per heavy atom. The van der Waals surface area contributed by atoms with Crippen LogP contribution in [0.5, 0.6) is 5.75 Å². The molecule has 1 aliphatic rings. The number of benzene rings is 1. The van der Waals surface area contributed by atoms with Gasteiger partial charge in [0.1, 0.15) is 33.2 Å². The first kappa shape index (κ1) is 33.8. The first-order chi connectivity index (χ1) is 21.7. The van der Waals surface area contributed by atoms with Crippen molar-refractivity contribution in [2.75, 3.05) is 18.5 Å². The standard InChI is InChI=1S/C33H40N7O4P/c1-8-11-24(18-34)19-43-45(40(22(4)5)23(6)7)28-17-29(44-27(28)10-3)39-21-37-30-31(35-20-36-32(30)39)38-33(41)25-12-14-26(15-13-25)42-16-9-2/h1-2,12-15,20-24,27-29H,10-11,16-17,19H2,3-7H3,(H,35,36,38,41)/t24?,27-,28-,29-,45?/m1/s1. The van der Waals surface area contributed by atoms with Crippen LogP contribution in [0.25, 0.3) is 11.2 Å². The number of anilines is 1. The minimum Gasteiger partial charge on any atom is -0.481 e. The maximum absolute atomic E-state index is 13.0. The fourth-order valence-corrected chi connectivity index (χ4v) is 8.32. The summed E-state index contributed by atoms with van der Waals surface area (Å²) in [7, 11) is -1.15. The van der Waals surface area contributed by atoms with Crippen LogP contribution in [0.1, 0.15) is 70.5 Å². The van der Waals surface area contributed by atoms with E-state index in [1.54, 1.807) is 30.6 Å². The van der Waals surface area contributed by atoms with Gasteiger partial charge in [0.25, 0.3) is 5.91 Å². The molecule has 1 amide bonds. The van der Waals surface area contributed by atoms with E-state index >= 15 is 0 Å². The third-order valence-electron chi connectivity index (χ3n) is 7.47. The van der Waals surface area contributed by atoms with Crippen molar-refractivity contribution in [1.29, 1.82) is 5.26 Å². The molecule has 0 radical (unpaired) electrons. The highest BCUT2D eigenvalue weighted by Crippen LogP contribution is 2.57. The number of fused-ring (bicyclic) bond motifs is 1. The molecule has 2 aromatic heterocycles. The number of carbonyl (C=O) groups is 1. The van der Waals surface area contributed by atoms with Crippen molar-refractivity contribution < 1.29 is 18.8 Å². The predicted molar refractivity (Wildman–Crippen MR) is 174 cm³/mol. The molecule has 1 aliphatic heterocycles. The number of nitrogens with one attached hydrogen (secondary N) is 1. The number of amides is 1. The molecule has 3 heterocycles. The van der Waals surface area contributed by atoms with Crippen molar-refractivity contribution in [3.63, 3.8) is 0 Å². The van der Waals surface area contributed by atoms with Crippen molar-refractivity contribution in [3.05, 3.63) is 42.5 Å². The average molecular weight is 630 g/mol. The zero-order valence-corrected chi connectivity index (χ0v) is 27.3. The summed E-state index contributed by atoms with van der Waals surface area (Å²) in [6, 6.07) is 9.40. The summed E-state index contributed by atoms with van der Waals surface area (Å²) in [6.07, 6.45) is 15.2. The smallest absolute Gasteiger partial charge is 0.256 e. The van der Waals surface area contributed by atoms with Gasteiger partial charge in [0.2, 0.25) is 0 Å². The monoisotopic (exact) mass is 629 g/mol. The Labute approximate surface area is 266 Å². The molecule has 2 unspecified atom stereocenters. The van der Waals surface area contributed by atoms with Crippen LogP contribution >= 0.6 is 8.30 Å². The first-order valence-electron chi connectivity index (χ1n) is 15.1. The van der Waals surface area contributed by atoms with Crippen LogP contribution in [0.2, 0.25) is 0 Å². The molecule has 0 aliphatic carbocycles. The van der Waals surface area contributed by atoms with Crippen LogP contribution in [-0.4, -0.2) is 67.2 Å². The Hall–Kier alpha value is -4.04. The summed E-state index contributed by atoms with van der Waals surface area (Å²) < 4.78 is 22.9. The molecule has 11 nitrogen and oxygen atoms in total. The Morgan fingerprint density at radius 2 is 1.91 bits per heavy atom. The van der Waals surface area contributed by atoms with Crippen molar-refractivity contribution >= 4 is 31.2 Å². The number of nitriles is 1. The lowest BCUT2D eigenvalue weighted by Gasteiger charge is -2.41. The molecule has 1 N–H and O–H groups in total. The van der Waals surface area contributed by atoms with E-state index in [1.165, 1.54) is 6.33 Å². The Kier molecular flexibility index (Phi) is 11.9. The number of carbonyl (C=O) groups excluding carboxylic acids is 1. The van der Waals surface area contributed by atoms with E-state index in [1.807, 2.05) is 4.57 Å². The summed E-state index contributed by atoms with van der Waals surface area (Å²) >= 11 is 0. The van der Waals surface area contributed by atoms with Crippen LogP contribution in [0.3, 0.4) is 0 Å². The molecule has 0 bridgehead atoms. The van der Waals surface area contributed by atoms with E-state index in [0.717, 1.165) is 6.42 Å². The number of rotatable bonds is 14. The lowest BCUT2D eigenvalue weighted by molar-refractivity contribution is 0.00275. The molecular weight excluding hydrogens is 589 g/mol. The van der Waals surface area contributed by atoms with Gasteiger partial charge < -0.3 is 19.3 Å². The van der Waals surface area contributed by atoms with E-state index in [-0.39, 0.29) is 55.1 Å². The maximum Gasteiger partial charge on any atom is 0.256 e. The number of imidazole rings is 1. The molecule has 0 spiro atoms. The summed E-state index contributed by atoms with van der Waals surface area (Å²) in [5.41, 5.74) is 1.50. The Bertz CT molecular complexity index is 1560. The third-order valence-corrected chi connectivity index (χ3v) is 10.4. The topological polar surface area (TPSA) is 127 Å². The van der Waals surface area contributed by atoms with Gasteiger partial charge in [-0.1, -0.05) is 12.8 Å². The predicted octanol–water partition coefficient (Wildman–Crippen LogP) is 5.77. The van der Waals surface area contributed by atoms with Gasteiger partial charge in [0.05, 0.1) is 31.0 Å². The number of ether oxygens (including phenoxy) is 2. The molecule has 12 heteroatoms. The maximum atomic E-state index is 13.0. The molecule has 1 saturated heterocycles. The zero-order valence-electron chi connectivity index (χ0n) is 26.4. The van der Waals surface area contributed by atoms with Gasteiger partial charge in [0, 0.05) is 36.1 Å². The van der Waals surface area contributed by atoms with Crippen LogP contribution in [0, 0.1) is 41.9 Å². The zero-order chi connectivity index (χ0) is 32.5. The lowest BCUT2D eigenvalue weighted by Crippen LogP contribution is -2.38. The van der Waals surface area contributed by atoms with E-state index in [2.05, 4.69) is 77.5 Å². The highest BCUT2D eigenvalue weighted by atomic mass is 31.2. The summed E-state index contributed by atoms with van der Waals surface area (Å²) in [5.74, 6) is 5.15. The third kappa shape index (κ3) is 7.98. The van der Waals surface area contributed by atoms with Crippen molar-refractivity contribution in [2.24, 2.45) is 5.92 Å². The molecule has 5 atom stereocenters. The fourth-order valence-electron chi connectivity index (χ4n) is 5.48. The molecule has 45 heavy (non-hydrogen) atoms. The highest BCUT2D eigenvalue weighted by molar-refractivity contribution is 7.51. The minimum absolute atomic E-state index is 0.0658. The van der Waals surface area contributed by atoms with Crippen LogP contribution in [0.15, 0.2) is 36.9 Å². The molecule has 0 saturated carbocycles. The molecule has 4 rings (SSSR count). The number of hydrogen-bond donors (Lipinski definition) is 1. The average Bonchev–Trinajstić information content (AvgIpc) is 3.66. The molecular formula is C33H40N7O4P. The van der Waals surface area contributed by atoms with Gasteiger partial charge in [-0.15, -0.1) is 18.8 Å².